The quantitative estimate of drug-likeness (QED) is 0.410. The molecule has 158 valence electrons. The highest BCUT2D eigenvalue weighted by molar-refractivity contribution is 7.98. The van der Waals surface area contributed by atoms with E-state index in [0.717, 1.165) is 16.8 Å². The molecule has 0 saturated carbocycles. The second-order valence-electron chi connectivity index (χ2n) is 6.89. The van der Waals surface area contributed by atoms with E-state index in [1.807, 2.05) is 41.8 Å². The number of halogens is 2. The molecule has 2 aromatic carbocycles. The Hall–Kier alpha value is -2.81. The first-order chi connectivity index (χ1) is 14.9. The summed E-state index contributed by atoms with van der Waals surface area (Å²) in [5.74, 6) is 1.17. The van der Waals surface area contributed by atoms with Crippen LogP contribution in [0.1, 0.15) is 22.6 Å². The van der Waals surface area contributed by atoms with Gasteiger partial charge in [0.25, 0.3) is 5.56 Å². The molecule has 0 amide bonds. The summed E-state index contributed by atoms with van der Waals surface area (Å²) >= 11 is 13.8. The Kier molecular flexibility index (Phi) is 6.31. The van der Waals surface area contributed by atoms with Crippen LogP contribution in [0.3, 0.4) is 0 Å². The normalized spacial score (nSPS) is 11.1. The van der Waals surface area contributed by atoms with Crippen LogP contribution in [0.25, 0.3) is 5.69 Å². The average molecular weight is 474 g/mol. The van der Waals surface area contributed by atoms with E-state index in [2.05, 4.69) is 20.2 Å². The van der Waals surface area contributed by atoms with E-state index in [4.69, 9.17) is 23.2 Å². The molecule has 31 heavy (non-hydrogen) atoms. The van der Waals surface area contributed by atoms with Gasteiger partial charge in [-0.2, -0.15) is 0 Å². The summed E-state index contributed by atoms with van der Waals surface area (Å²) < 4.78 is 1.92. The van der Waals surface area contributed by atoms with Crippen molar-refractivity contribution in [1.82, 2.24) is 24.7 Å². The minimum absolute atomic E-state index is 0.238. The molecule has 4 rings (SSSR count). The number of aromatic amines is 2. The molecule has 0 unspecified atom stereocenters. The van der Waals surface area contributed by atoms with Gasteiger partial charge in [-0.05, 0) is 42.3 Å². The maximum Gasteiger partial charge on any atom is 0.325 e. The van der Waals surface area contributed by atoms with Crippen LogP contribution in [0.5, 0.6) is 0 Å². The fourth-order valence-corrected chi connectivity index (χ4v) is 4.63. The third kappa shape index (κ3) is 5.10. The lowest BCUT2D eigenvalue weighted by Crippen LogP contribution is -2.23. The summed E-state index contributed by atoms with van der Waals surface area (Å²) in [6, 6.07) is 14.7. The van der Waals surface area contributed by atoms with Gasteiger partial charge in [0.15, 0.2) is 5.16 Å². The van der Waals surface area contributed by atoms with Crippen molar-refractivity contribution in [2.45, 2.75) is 24.3 Å². The smallest absolute Gasteiger partial charge is 0.311 e. The minimum atomic E-state index is -0.559. The summed E-state index contributed by atoms with van der Waals surface area (Å²) in [5.41, 5.74) is 2.32. The number of nitrogens with one attached hydrogen (secondary N) is 2. The van der Waals surface area contributed by atoms with Crippen molar-refractivity contribution in [2.75, 3.05) is 0 Å². The number of thioether (sulfide) groups is 1. The molecule has 2 aromatic heterocycles. The molecule has 0 aliphatic rings. The van der Waals surface area contributed by atoms with Crippen molar-refractivity contribution < 1.29 is 0 Å². The Bertz CT molecular complexity index is 1330. The van der Waals surface area contributed by atoms with Crippen LogP contribution < -0.4 is 11.2 Å². The molecule has 0 spiro atoms. The largest absolute Gasteiger partial charge is 0.325 e. The minimum Gasteiger partial charge on any atom is -0.311 e. The van der Waals surface area contributed by atoms with Crippen LogP contribution in [-0.2, 0) is 12.2 Å². The van der Waals surface area contributed by atoms with Crippen LogP contribution in [0.4, 0.5) is 0 Å². The molecule has 0 fully saturated rings. The van der Waals surface area contributed by atoms with Gasteiger partial charge >= 0.3 is 5.69 Å². The zero-order valence-electron chi connectivity index (χ0n) is 16.4. The number of aromatic nitrogens is 5. The maximum absolute atomic E-state index is 11.7. The second-order valence-corrected chi connectivity index (χ2v) is 8.67. The van der Waals surface area contributed by atoms with Crippen molar-refractivity contribution in [1.29, 1.82) is 0 Å². The summed E-state index contributed by atoms with van der Waals surface area (Å²) in [6.45, 7) is 2.00. The van der Waals surface area contributed by atoms with Gasteiger partial charge in [0.1, 0.15) is 5.82 Å². The molecule has 0 radical (unpaired) electrons. The van der Waals surface area contributed by atoms with Gasteiger partial charge in [-0.15, -0.1) is 10.2 Å². The van der Waals surface area contributed by atoms with Crippen LogP contribution in [0, 0.1) is 6.92 Å². The molecule has 0 aliphatic heterocycles. The number of rotatable bonds is 6. The van der Waals surface area contributed by atoms with E-state index in [0.29, 0.717) is 32.5 Å². The van der Waals surface area contributed by atoms with Crippen LogP contribution in [0.15, 0.2) is 63.3 Å². The predicted molar refractivity (Wildman–Crippen MR) is 123 cm³/mol. The highest BCUT2D eigenvalue weighted by atomic mass is 35.5. The number of hydrogen-bond acceptors (Lipinski definition) is 5. The van der Waals surface area contributed by atoms with Gasteiger partial charge in [0, 0.05) is 39.7 Å². The van der Waals surface area contributed by atoms with Crippen molar-refractivity contribution in [3.05, 3.63) is 102 Å². The van der Waals surface area contributed by atoms with Gasteiger partial charge in [-0.3, -0.25) is 14.3 Å². The lowest BCUT2D eigenvalue weighted by Gasteiger charge is -2.11. The van der Waals surface area contributed by atoms with Gasteiger partial charge in [0.2, 0.25) is 0 Å². The van der Waals surface area contributed by atoms with Crippen molar-refractivity contribution in [2.24, 2.45) is 0 Å². The number of aryl methyl sites for hydroxylation is 1. The van der Waals surface area contributed by atoms with Crippen molar-refractivity contribution in [3.8, 4) is 5.69 Å². The molecule has 0 atom stereocenters. The second kappa shape index (κ2) is 9.13. The van der Waals surface area contributed by atoms with E-state index >= 15 is 0 Å². The third-order valence-electron chi connectivity index (χ3n) is 4.50. The molecular weight excluding hydrogens is 457 g/mol. The highest BCUT2D eigenvalue weighted by Crippen LogP contribution is 2.30. The van der Waals surface area contributed by atoms with Gasteiger partial charge in [-0.1, -0.05) is 53.2 Å². The lowest BCUT2D eigenvalue weighted by atomic mass is 10.2. The van der Waals surface area contributed by atoms with Gasteiger partial charge < -0.3 is 4.98 Å². The Balaban J connectivity index is 1.71. The summed E-state index contributed by atoms with van der Waals surface area (Å²) in [6.07, 6.45) is 0.238. The molecule has 0 aliphatic carbocycles. The SMILES string of the molecule is Cc1cccc(-n2c(Cc3cc(=O)[nH]c(=O)[nH]3)nnc2SCc2ccc(Cl)cc2Cl)c1. The lowest BCUT2D eigenvalue weighted by molar-refractivity contribution is 0.828. The molecule has 10 heteroatoms. The molecule has 2 heterocycles. The summed E-state index contributed by atoms with van der Waals surface area (Å²) in [7, 11) is 0. The molecule has 4 aromatic rings. The number of benzene rings is 2. The Morgan fingerprint density at radius 1 is 1.03 bits per heavy atom. The van der Waals surface area contributed by atoms with Gasteiger partial charge in [-0.25, -0.2) is 4.79 Å². The highest BCUT2D eigenvalue weighted by Gasteiger charge is 2.16. The zero-order chi connectivity index (χ0) is 22.0. The third-order valence-corrected chi connectivity index (χ3v) is 6.06. The Morgan fingerprint density at radius 3 is 2.61 bits per heavy atom. The predicted octanol–water partition coefficient (Wildman–Crippen LogP) is 4.14. The average Bonchev–Trinajstić information content (AvgIpc) is 3.09. The monoisotopic (exact) mass is 473 g/mol. The summed E-state index contributed by atoms with van der Waals surface area (Å²) in [5, 5.41) is 10.5. The first-order valence-corrected chi connectivity index (χ1v) is 11.0. The number of H-pyrrole nitrogens is 2. The van der Waals surface area contributed by atoms with E-state index in [9.17, 15) is 9.59 Å². The maximum atomic E-state index is 11.7. The first-order valence-electron chi connectivity index (χ1n) is 9.29. The summed E-state index contributed by atoms with van der Waals surface area (Å²) in [4.78, 5) is 28.1. The standard InChI is InChI=1S/C21H17Cl2N5O2S/c1-12-3-2-4-16(7-12)28-18(9-15-10-19(29)25-20(30)24-15)26-27-21(28)31-11-13-5-6-14(22)8-17(13)23/h2-8,10H,9,11H2,1H3,(H2,24,25,29,30). The Morgan fingerprint density at radius 2 is 1.87 bits per heavy atom. The Labute approximate surface area is 191 Å². The fourth-order valence-electron chi connectivity index (χ4n) is 3.10. The van der Waals surface area contributed by atoms with Crippen LogP contribution in [0.2, 0.25) is 10.0 Å². The van der Waals surface area contributed by atoms with Crippen molar-refractivity contribution in [3.63, 3.8) is 0 Å². The van der Waals surface area contributed by atoms with Crippen LogP contribution >= 0.6 is 35.0 Å². The van der Waals surface area contributed by atoms with E-state index in [1.54, 1.807) is 12.1 Å². The molecular formula is C21H17Cl2N5O2S. The van der Waals surface area contributed by atoms with Gasteiger partial charge in [0.05, 0.1) is 0 Å². The molecule has 2 N–H and O–H groups in total. The van der Waals surface area contributed by atoms with Crippen molar-refractivity contribution >= 4 is 35.0 Å². The molecule has 7 nitrogen and oxygen atoms in total. The fraction of sp³-hybridized carbons (Fsp3) is 0.143. The zero-order valence-corrected chi connectivity index (χ0v) is 18.7. The van der Waals surface area contributed by atoms with Crippen LogP contribution in [-0.4, -0.2) is 24.7 Å². The first kappa shape index (κ1) is 21.4. The number of hydrogen-bond donors (Lipinski definition) is 2. The molecule has 0 saturated heterocycles. The number of nitrogens with zero attached hydrogens (tertiary/aromatic N) is 3. The van der Waals surface area contributed by atoms with E-state index in [1.165, 1.54) is 17.8 Å². The van der Waals surface area contributed by atoms with E-state index in [-0.39, 0.29) is 6.42 Å². The molecule has 0 bridgehead atoms. The van der Waals surface area contributed by atoms with E-state index < -0.39 is 11.2 Å². The topological polar surface area (TPSA) is 96.4 Å².